The molecule has 3 aromatic rings. The van der Waals surface area contributed by atoms with E-state index >= 15 is 0 Å². The molecule has 0 radical (unpaired) electrons. The summed E-state index contributed by atoms with van der Waals surface area (Å²) in [6.45, 7) is 0. The van der Waals surface area contributed by atoms with Gasteiger partial charge in [-0.15, -0.1) is 5.10 Å². The van der Waals surface area contributed by atoms with Crippen LogP contribution < -0.4 is 10.1 Å². The van der Waals surface area contributed by atoms with Crippen LogP contribution in [0.15, 0.2) is 65.0 Å². The summed E-state index contributed by atoms with van der Waals surface area (Å²) in [5, 5.41) is 8.54. The molecule has 1 aromatic heterocycles. The molecular weight excluding hydrogens is 415 g/mol. The smallest absolute Gasteiger partial charge is 0.227 e. The summed E-state index contributed by atoms with van der Waals surface area (Å²) in [5.74, 6) is 1.62. The maximum atomic E-state index is 14.0. The van der Waals surface area contributed by atoms with Crippen molar-refractivity contribution in [1.29, 1.82) is 0 Å². The van der Waals surface area contributed by atoms with Gasteiger partial charge < -0.3 is 10.1 Å². The fraction of sp³-hybridized carbons (Fsp3) is 0.261. The maximum Gasteiger partial charge on any atom is 0.227 e. The Kier molecular flexibility index (Phi) is 5.23. The van der Waals surface area contributed by atoms with E-state index in [4.69, 9.17) is 9.84 Å². The first-order chi connectivity index (χ1) is 15.1. The molecule has 5 rings (SSSR count). The number of hydrogen-bond acceptors (Lipinski definition) is 6. The number of fused-ring (bicyclic) bond motifs is 1. The van der Waals surface area contributed by atoms with Gasteiger partial charge in [-0.3, -0.25) is 4.79 Å². The summed E-state index contributed by atoms with van der Waals surface area (Å²) in [6, 6.07) is 14.0. The summed E-state index contributed by atoms with van der Waals surface area (Å²) in [5.41, 5.74) is 3.17. The number of carbonyl (C=O) groups is 1. The van der Waals surface area contributed by atoms with E-state index < -0.39 is 0 Å². The van der Waals surface area contributed by atoms with Crippen molar-refractivity contribution in [2.75, 3.05) is 12.4 Å². The zero-order valence-electron chi connectivity index (χ0n) is 17.0. The van der Waals surface area contributed by atoms with Crippen molar-refractivity contribution in [3.63, 3.8) is 0 Å². The Morgan fingerprint density at radius 2 is 2.10 bits per heavy atom. The molecule has 6 nitrogen and oxygen atoms in total. The molecule has 1 N–H and O–H groups in total. The molecule has 158 valence electrons. The van der Waals surface area contributed by atoms with Crippen LogP contribution in [0, 0.1) is 5.82 Å². The number of methoxy groups -OCH3 is 1. The summed E-state index contributed by atoms with van der Waals surface area (Å²) in [6.07, 6.45) is 2.14. The summed E-state index contributed by atoms with van der Waals surface area (Å²) in [7, 11) is 1.62. The molecule has 0 amide bonds. The molecule has 2 heterocycles. The highest BCUT2D eigenvalue weighted by Crippen LogP contribution is 2.41. The first-order valence-electron chi connectivity index (χ1n) is 10.1. The summed E-state index contributed by atoms with van der Waals surface area (Å²) < 4.78 is 21.2. The van der Waals surface area contributed by atoms with E-state index in [2.05, 4.69) is 10.3 Å². The lowest BCUT2D eigenvalue weighted by atomic mass is 9.85. The van der Waals surface area contributed by atoms with E-state index in [1.807, 2.05) is 30.3 Å². The minimum Gasteiger partial charge on any atom is -0.497 e. The molecule has 31 heavy (non-hydrogen) atoms. The lowest BCUT2D eigenvalue weighted by Crippen LogP contribution is -2.31. The number of nitrogens with one attached hydrogen (secondary N) is 1. The Morgan fingerprint density at radius 3 is 2.94 bits per heavy atom. The molecule has 0 bridgehead atoms. The van der Waals surface area contributed by atoms with Crippen molar-refractivity contribution in [3.8, 4) is 5.75 Å². The highest BCUT2D eigenvalue weighted by molar-refractivity contribution is 7.98. The highest BCUT2D eigenvalue weighted by Gasteiger charge is 2.37. The second kappa shape index (κ2) is 8.19. The van der Waals surface area contributed by atoms with Crippen LogP contribution in [0.3, 0.4) is 0 Å². The first-order valence-corrected chi connectivity index (χ1v) is 11.1. The van der Waals surface area contributed by atoms with Gasteiger partial charge >= 0.3 is 0 Å². The van der Waals surface area contributed by atoms with Crippen LogP contribution in [0.2, 0.25) is 0 Å². The molecule has 8 heteroatoms. The third-order valence-electron chi connectivity index (χ3n) is 5.57. The topological polar surface area (TPSA) is 69.0 Å². The van der Waals surface area contributed by atoms with Gasteiger partial charge in [-0.05, 0) is 42.2 Å². The van der Waals surface area contributed by atoms with Gasteiger partial charge in [-0.1, -0.05) is 42.1 Å². The van der Waals surface area contributed by atoms with Gasteiger partial charge in [0.05, 0.1) is 7.11 Å². The van der Waals surface area contributed by atoms with Gasteiger partial charge in [0.2, 0.25) is 11.1 Å². The Balaban J connectivity index is 1.52. The second-order valence-corrected chi connectivity index (χ2v) is 8.46. The number of ketones is 1. The monoisotopic (exact) mass is 436 g/mol. The average molecular weight is 437 g/mol. The number of thioether (sulfide) groups is 1. The highest BCUT2D eigenvalue weighted by atomic mass is 32.2. The standard InChI is InChI=1S/C23H21FN4O2S/c1-30-16-8-4-7-14(12-16)21-20-18(10-5-11-19(20)29)25-22-26-23(27-28(21)22)31-13-15-6-2-3-9-17(15)24/h2-4,6-9,12,21H,5,10-11,13H2,1H3,(H,25,26,27)/t21-/m0/s1. The number of ether oxygens (including phenoxy) is 1. The quantitative estimate of drug-likeness (QED) is 0.583. The van der Waals surface area contributed by atoms with Crippen molar-refractivity contribution >= 4 is 23.5 Å². The summed E-state index contributed by atoms with van der Waals surface area (Å²) >= 11 is 1.37. The fourth-order valence-electron chi connectivity index (χ4n) is 4.08. The number of Topliss-reactive ketones (excluding diaryl/α,β-unsaturated/α-hetero) is 1. The number of anilines is 1. The summed E-state index contributed by atoms with van der Waals surface area (Å²) in [4.78, 5) is 17.5. The molecule has 2 aliphatic rings. The molecule has 0 saturated heterocycles. The van der Waals surface area contributed by atoms with E-state index in [0.717, 1.165) is 35.4 Å². The van der Waals surface area contributed by atoms with Crippen LogP contribution in [0.5, 0.6) is 5.75 Å². The molecule has 1 aliphatic carbocycles. The number of nitrogens with zero attached hydrogens (tertiary/aromatic N) is 3. The second-order valence-electron chi connectivity index (χ2n) is 7.52. The normalized spacial score (nSPS) is 17.7. The van der Waals surface area contributed by atoms with Gasteiger partial charge in [0.15, 0.2) is 5.78 Å². The van der Waals surface area contributed by atoms with Gasteiger partial charge in [0, 0.05) is 23.4 Å². The van der Waals surface area contributed by atoms with Crippen LogP contribution in [-0.4, -0.2) is 27.7 Å². The van der Waals surface area contributed by atoms with Crippen LogP contribution in [-0.2, 0) is 10.5 Å². The average Bonchev–Trinajstić information content (AvgIpc) is 3.20. The third kappa shape index (κ3) is 3.72. The van der Waals surface area contributed by atoms with Crippen molar-refractivity contribution in [2.24, 2.45) is 0 Å². The lowest BCUT2D eigenvalue weighted by Gasteiger charge is -2.32. The van der Waals surface area contributed by atoms with Gasteiger partial charge in [0.1, 0.15) is 17.6 Å². The number of benzene rings is 2. The van der Waals surface area contributed by atoms with Crippen LogP contribution in [0.4, 0.5) is 10.3 Å². The minimum atomic E-state index is -0.371. The van der Waals surface area contributed by atoms with Crippen LogP contribution >= 0.6 is 11.8 Å². The first kappa shape index (κ1) is 19.8. The van der Waals surface area contributed by atoms with E-state index in [-0.39, 0.29) is 17.6 Å². The van der Waals surface area contributed by atoms with Gasteiger partial charge in [0.25, 0.3) is 0 Å². The van der Waals surface area contributed by atoms with E-state index in [0.29, 0.717) is 28.8 Å². The van der Waals surface area contributed by atoms with Crippen molar-refractivity contribution in [1.82, 2.24) is 14.8 Å². The molecule has 1 atom stereocenters. The van der Waals surface area contributed by atoms with Crippen molar-refractivity contribution in [3.05, 3.63) is 76.7 Å². The molecule has 0 spiro atoms. The maximum absolute atomic E-state index is 14.0. The zero-order valence-corrected chi connectivity index (χ0v) is 17.8. The fourth-order valence-corrected chi connectivity index (χ4v) is 4.89. The third-order valence-corrected chi connectivity index (χ3v) is 6.46. The number of halogens is 1. The van der Waals surface area contributed by atoms with E-state index in [1.54, 1.807) is 23.9 Å². The number of carbonyl (C=O) groups excluding carboxylic acids is 1. The Morgan fingerprint density at radius 1 is 1.23 bits per heavy atom. The SMILES string of the molecule is COc1cccc([C@H]2C3=C(CCCC3=O)Nc3nc(SCc4ccccc4F)nn32)c1. The van der Waals surface area contributed by atoms with Gasteiger partial charge in [-0.25, -0.2) is 9.07 Å². The number of aromatic nitrogens is 3. The van der Waals surface area contributed by atoms with Crippen molar-refractivity contribution in [2.45, 2.75) is 36.2 Å². The van der Waals surface area contributed by atoms with Gasteiger partial charge in [-0.2, -0.15) is 4.98 Å². The molecule has 2 aromatic carbocycles. The Hall–Kier alpha value is -3.13. The van der Waals surface area contributed by atoms with Crippen LogP contribution in [0.1, 0.15) is 36.4 Å². The van der Waals surface area contributed by atoms with Crippen LogP contribution in [0.25, 0.3) is 0 Å². The van der Waals surface area contributed by atoms with E-state index in [9.17, 15) is 9.18 Å². The predicted octanol–water partition coefficient (Wildman–Crippen LogP) is 4.74. The zero-order chi connectivity index (χ0) is 21.4. The molecule has 0 unspecified atom stereocenters. The predicted molar refractivity (Wildman–Crippen MR) is 117 cm³/mol. The number of rotatable bonds is 5. The molecular formula is C23H21FN4O2S. The number of hydrogen-bond donors (Lipinski definition) is 1. The minimum absolute atomic E-state index is 0.128. The van der Waals surface area contributed by atoms with Crippen molar-refractivity contribution < 1.29 is 13.9 Å². The molecule has 1 aliphatic heterocycles. The molecule has 0 saturated carbocycles. The Labute approximate surface area is 183 Å². The lowest BCUT2D eigenvalue weighted by molar-refractivity contribution is -0.116. The molecule has 0 fully saturated rings. The van der Waals surface area contributed by atoms with E-state index in [1.165, 1.54) is 17.8 Å². The number of allylic oxidation sites excluding steroid dienone is 2. The Bertz CT molecular complexity index is 1190. The largest absolute Gasteiger partial charge is 0.497 e.